The molecule has 3 aromatic heterocycles. The first-order valence-corrected chi connectivity index (χ1v) is 10.3. The molecule has 0 atom stereocenters. The van der Waals surface area contributed by atoms with E-state index < -0.39 is 11.7 Å². The van der Waals surface area contributed by atoms with Gasteiger partial charge in [-0.1, -0.05) is 20.8 Å². The smallest absolute Gasteiger partial charge is 0.412 e. The Labute approximate surface area is 179 Å². The van der Waals surface area contributed by atoms with E-state index in [9.17, 15) is 4.79 Å². The third kappa shape index (κ3) is 5.50. The van der Waals surface area contributed by atoms with E-state index in [-0.39, 0.29) is 5.41 Å². The summed E-state index contributed by atoms with van der Waals surface area (Å²) in [4.78, 5) is 27.1. The van der Waals surface area contributed by atoms with Gasteiger partial charge in [-0.05, 0) is 44.4 Å². The number of nitrogens with zero attached hydrogens (tertiary/aromatic N) is 4. The highest BCUT2D eigenvalue weighted by molar-refractivity contribution is 7.18. The maximum absolute atomic E-state index is 12.1. The lowest BCUT2D eigenvalue weighted by Gasteiger charge is -2.19. The summed E-state index contributed by atoms with van der Waals surface area (Å²) in [5.74, 6) is 0.612. The predicted molar refractivity (Wildman–Crippen MR) is 121 cm³/mol. The molecule has 0 unspecified atom stereocenters. The Balaban J connectivity index is 1.78. The minimum Gasteiger partial charge on any atom is -0.444 e. The zero-order valence-electron chi connectivity index (χ0n) is 18.0. The Kier molecular flexibility index (Phi) is 6.02. The second kappa shape index (κ2) is 8.35. The number of thiophene rings is 1. The molecule has 8 nitrogen and oxygen atoms in total. The van der Waals surface area contributed by atoms with Crippen LogP contribution < -0.4 is 10.7 Å². The molecule has 1 amide bonds. The molecular formula is C21H26N6O2S. The molecule has 0 aromatic carbocycles. The highest BCUT2D eigenvalue weighted by atomic mass is 32.1. The number of carbonyl (C=O) groups is 1. The van der Waals surface area contributed by atoms with Crippen LogP contribution in [0.5, 0.6) is 0 Å². The molecule has 0 bridgehead atoms. The van der Waals surface area contributed by atoms with E-state index in [4.69, 9.17) is 4.74 Å². The van der Waals surface area contributed by atoms with Crippen LogP contribution in [0.3, 0.4) is 0 Å². The van der Waals surface area contributed by atoms with Crippen LogP contribution in [0.1, 0.15) is 52.1 Å². The summed E-state index contributed by atoms with van der Waals surface area (Å²) < 4.78 is 5.29. The van der Waals surface area contributed by atoms with Gasteiger partial charge < -0.3 is 4.74 Å². The zero-order chi connectivity index (χ0) is 21.9. The van der Waals surface area contributed by atoms with Crippen LogP contribution in [-0.2, 0) is 10.2 Å². The highest BCUT2D eigenvalue weighted by Crippen LogP contribution is 2.35. The molecule has 0 fully saturated rings. The molecule has 0 spiro atoms. The maximum Gasteiger partial charge on any atom is 0.412 e. The third-order valence-electron chi connectivity index (χ3n) is 3.90. The monoisotopic (exact) mass is 426 g/mol. The normalized spacial score (nSPS) is 12.3. The van der Waals surface area contributed by atoms with Crippen LogP contribution in [-0.4, -0.2) is 32.9 Å². The van der Waals surface area contributed by atoms with Gasteiger partial charge in [0.1, 0.15) is 22.5 Å². The lowest BCUT2D eigenvalue weighted by molar-refractivity contribution is 0.0636. The van der Waals surface area contributed by atoms with Crippen molar-refractivity contribution >= 4 is 45.4 Å². The number of amides is 1. The third-order valence-corrected chi connectivity index (χ3v) is 5.37. The van der Waals surface area contributed by atoms with Crippen LogP contribution >= 0.6 is 11.3 Å². The highest BCUT2D eigenvalue weighted by Gasteiger charge is 2.19. The van der Waals surface area contributed by atoms with E-state index in [2.05, 4.69) is 57.6 Å². The summed E-state index contributed by atoms with van der Waals surface area (Å²) >= 11 is 1.65. The van der Waals surface area contributed by atoms with Crippen molar-refractivity contribution in [3.8, 4) is 0 Å². The molecule has 0 aliphatic carbocycles. The number of hydrogen-bond donors (Lipinski definition) is 2. The number of fused-ring (bicyclic) bond motifs is 1. The minimum absolute atomic E-state index is 0.0299. The van der Waals surface area contributed by atoms with Crippen molar-refractivity contribution in [1.29, 1.82) is 0 Å². The number of aromatic nitrogens is 3. The van der Waals surface area contributed by atoms with Gasteiger partial charge >= 0.3 is 6.09 Å². The Morgan fingerprint density at radius 1 is 1.17 bits per heavy atom. The summed E-state index contributed by atoms with van der Waals surface area (Å²) in [7, 11) is 0. The lowest BCUT2D eigenvalue weighted by atomic mass is 9.94. The maximum atomic E-state index is 12.1. The van der Waals surface area contributed by atoms with Gasteiger partial charge in [-0.25, -0.2) is 14.8 Å². The average molecular weight is 427 g/mol. The number of ether oxygens (including phenoxy) is 1. The van der Waals surface area contributed by atoms with E-state index in [0.717, 1.165) is 10.2 Å². The van der Waals surface area contributed by atoms with Crippen LogP contribution in [0, 0.1) is 0 Å². The molecule has 0 aliphatic rings. The molecule has 30 heavy (non-hydrogen) atoms. The van der Waals surface area contributed by atoms with E-state index >= 15 is 0 Å². The molecule has 3 heterocycles. The van der Waals surface area contributed by atoms with Crippen molar-refractivity contribution in [3.63, 3.8) is 0 Å². The Bertz CT molecular complexity index is 1080. The van der Waals surface area contributed by atoms with E-state index in [1.165, 1.54) is 17.4 Å². The summed E-state index contributed by atoms with van der Waals surface area (Å²) in [6.07, 6.45) is 4.11. The molecule has 158 valence electrons. The van der Waals surface area contributed by atoms with Crippen LogP contribution in [0.4, 0.5) is 16.3 Å². The van der Waals surface area contributed by atoms with E-state index in [1.54, 1.807) is 50.4 Å². The number of carbonyl (C=O) groups excluding carboxylic acids is 1. The molecule has 3 rings (SSSR count). The standard InChI is InChI=1S/C21H26N6O2S/c1-20(2,3)16-10-13-17(23-12-24-18(13)30-16)27-25-11-15-14(8-7-9-22-15)26-19(28)29-21(4,5)6/h7-12H,1-6H3,(H,26,28)(H,23,24,27). The van der Waals surface area contributed by atoms with E-state index in [0.29, 0.717) is 17.2 Å². The number of pyridine rings is 1. The van der Waals surface area contributed by atoms with Crippen molar-refractivity contribution in [3.05, 3.63) is 41.3 Å². The minimum atomic E-state index is -0.590. The number of anilines is 2. The average Bonchev–Trinajstić information content (AvgIpc) is 3.07. The summed E-state index contributed by atoms with van der Waals surface area (Å²) in [6, 6.07) is 5.55. The van der Waals surface area contributed by atoms with Crippen LogP contribution in [0.15, 0.2) is 35.8 Å². The molecule has 0 radical (unpaired) electrons. The summed E-state index contributed by atoms with van der Waals surface area (Å²) in [6.45, 7) is 11.9. The predicted octanol–water partition coefficient (Wildman–Crippen LogP) is 5.18. The van der Waals surface area contributed by atoms with Crippen molar-refractivity contribution in [2.45, 2.75) is 52.6 Å². The Morgan fingerprint density at radius 2 is 1.93 bits per heavy atom. The van der Waals surface area contributed by atoms with Gasteiger partial charge in [-0.3, -0.25) is 15.7 Å². The number of hydrogen-bond acceptors (Lipinski definition) is 8. The molecule has 3 aromatic rings. The fraction of sp³-hybridized carbons (Fsp3) is 0.381. The van der Waals surface area contributed by atoms with Gasteiger partial charge in [0.2, 0.25) is 0 Å². The fourth-order valence-electron chi connectivity index (χ4n) is 2.51. The molecule has 9 heteroatoms. The molecule has 0 saturated heterocycles. The first kappa shape index (κ1) is 21.6. The van der Waals surface area contributed by atoms with Gasteiger partial charge in [0.25, 0.3) is 0 Å². The number of rotatable bonds is 4. The summed E-state index contributed by atoms with van der Waals surface area (Å²) in [5, 5.41) is 7.87. The second-order valence-corrected chi connectivity index (χ2v) is 9.77. The first-order chi connectivity index (χ1) is 14.0. The Hall–Kier alpha value is -3.07. The van der Waals surface area contributed by atoms with Crippen molar-refractivity contribution in [2.24, 2.45) is 5.10 Å². The van der Waals surface area contributed by atoms with Gasteiger partial charge in [0.05, 0.1) is 17.3 Å². The van der Waals surface area contributed by atoms with Crippen LogP contribution in [0.2, 0.25) is 0 Å². The Morgan fingerprint density at radius 3 is 2.63 bits per heavy atom. The van der Waals surface area contributed by atoms with Crippen molar-refractivity contribution < 1.29 is 9.53 Å². The van der Waals surface area contributed by atoms with E-state index in [1.807, 2.05) is 0 Å². The number of hydrazone groups is 1. The van der Waals surface area contributed by atoms with Gasteiger partial charge in [-0.2, -0.15) is 5.10 Å². The lowest BCUT2D eigenvalue weighted by Crippen LogP contribution is -2.27. The topological polar surface area (TPSA) is 101 Å². The fourth-order valence-corrected chi connectivity index (χ4v) is 3.57. The van der Waals surface area contributed by atoms with Crippen molar-refractivity contribution in [2.75, 3.05) is 10.7 Å². The van der Waals surface area contributed by atoms with Gasteiger partial charge in [0, 0.05) is 11.1 Å². The number of nitrogens with one attached hydrogen (secondary N) is 2. The molecule has 2 N–H and O–H groups in total. The second-order valence-electron chi connectivity index (χ2n) is 8.73. The quantitative estimate of drug-likeness (QED) is 0.440. The van der Waals surface area contributed by atoms with Gasteiger partial charge in [0.15, 0.2) is 5.82 Å². The van der Waals surface area contributed by atoms with Crippen molar-refractivity contribution in [1.82, 2.24) is 15.0 Å². The SMILES string of the molecule is CC(C)(C)OC(=O)Nc1cccnc1C=NNc1ncnc2sc(C(C)(C)C)cc12. The summed E-state index contributed by atoms with van der Waals surface area (Å²) in [5.41, 5.74) is 3.38. The molecule has 0 saturated carbocycles. The molecular weight excluding hydrogens is 400 g/mol. The molecule has 0 aliphatic heterocycles. The van der Waals surface area contributed by atoms with Gasteiger partial charge in [-0.15, -0.1) is 11.3 Å². The zero-order valence-corrected chi connectivity index (χ0v) is 18.8. The largest absolute Gasteiger partial charge is 0.444 e. The van der Waals surface area contributed by atoms with Crippen LogP contribution in [0.25, 0.3) is 10.2 Å². The first-order valence-electron chi connectivity index (χ1n) is 9.52.